The highest BCUT2D eigenvalue weighted by atomic mass is 16.3. The molecule has 0 aromatic heterocycles. The fraction of sp³-hybridized carbons (Fsp3) is 0.862. The van der Waals surface area contributed by atoms with Gasteiger partial charge in [0.15, 0.2) is 0 Å². The Morgan fingerprint density at radius 3 is 2.50 bits per heavy atom. The first-order valence-electron chi connectivity index (χ1n) is 13.3. The van der Waals surface area contributed by atoms with Crippen LogP contribution in [0, 0.1) is 52.3 Å². The molecule has 4 aliphatic carbocycles. The SMILES string of the molecule is CCC(/C=C/[C@@H](C)[C@H]1CC[C@H]2[C@@H]3CC=C4C[C@@H](O)CC[C@]4(C)[C@H]3CC[C@]12C)C(C)C. The summed E-state index contributed by atoms with van der Waals surface area (Å²) >= 11 is 0. The maximum Gasteiger partial charge on any atom is 0.0577 e. The lowest BCUT2D eigenvalue weighted by atomic mass is 9.47. The third kappa shape index (κ3) is 3.66. The average molecular weight is 413 g/mol. The van der Waals surface area contributed by atoms with Gasteiger partial charge in [0, 0.05) is 0 Å². The minimum absolute atomic E-state index is 0.0870. The van der Waals surface area contributed by atoms with E-state index in [4.69, 9.17) is 0 Å². The van der Waals surface area contributed by atoms with E-state index in [-0.39, 0.29) is 6.10 Å². The maximum atomic E-state index is 10.2. The lowest BCUT2D eigenvalue weighted by molar-refractivity contribution is -0.0540. The minimum Gasteiger partial charge on any atom is -0.393 e. The van der Waals surface area contributed by atoms with Gasteiger partial charge in [0.1, 0.15) is 0 Å². The maximum absolute atomic E-state index is 10.2. The average Bonchev–Trinajstić information content (AvgIpc) is 3.06. The van der Waals surface area contributed by atoms with Crippen molar-refractivity contribution in [1.82, 2.24) is 0 Å². The van der Waals surface area contributed by atoms with E-state index < -0.39 is 0 Å². The second-order valence-corrected chi connectivity index (χ2v) is 12.4. The van der Waals surface area contributed by atoms with Crippen molar-refractivity contribution in [2.24, 2.45) is 52.3 Å². The number of rotatable bonds is 5. The first-order valence-corrected chi connectivity index (χ1v) is 13.3. The number of aliphatic hydroxyl groups is 1. The standard InChI is InChI=1S/C29H48O/c1-7-21(19(2)3)9-8-20(4)25-12-13-26-24-11-10-22-18-23(30)14-16-28(22,5)27(24)15-17-29(25,26)6/h8-10,19-21,23-27,30H,7,11-18H2,1-6H3/b9-8+/t20-,21?,23+,24+,25-,26+,27+,28+,29-/m1/s1. The third-order valence-electron chi connectivity index (χ3n) is 10.8. The molecule has 1 N–H and O–H groups in total. The van der Waals surface area contributed by atoms with Gasteiger partial charge >= 0.3 is 0 Å². The molecule has 0 radical (unpaired) electrons. The van der Waals surface area contributed by atoms with E-state index in [1.165, 1.54) is 44.9 Å². The van der Waals surface area contributed by atoms with Crippen LogP contribution in [0.15, 0.2) is 23.8 Å². The van der Waals surface area contributed by atoms with Crippen molar-refractivity contribution >= 4 is 0 Å². The van der Waals surface area contributed by atoms with Crippen molar-refractivity contribution in [2.75, 3.05) is 0 Å². The van der Waals surface area contributed by atoms with Crippen LogP contribution < -0.4 is 0 Å². The summed E-state index contributed by atoms with van der Waals surface area (Å²) in [6.07, 6.45) is 19.1. The van der Waals surface area contributed by atoms with E-state index in [0.29, 0.717) is 16.7 Å². The number of hydrogen-bond acceptors (Lipinski definition) is 1. The summed E-state index contributed by atoms with van der Waals surface area (Å²) in [5, 5.41) is 10.2. The van der Waals surface area contributed by atoms with Crippen molar-refractivity contribution in [3.05, 3.63) is 23.8 Å². The molecule has 4 rings (SSSR count). The van der Waals surface area contributed by atoms with E-state index in [1.807, 2.05) is 0 Å². The molecule has 0 spiro atoms. The molecule has 30 heavy (non-hydrogen) atoms. The van der Waals surface area contributed by atoms with E-state index in [9.17, 15) is 5.11 Å². The van der Waals surface area contributed by atoms with Crippen LogP contribution in [0.25, 0.3) is 0 Å². The molecule has 3 fully saturated rings. The molecular formula is C29H48O. The Bertz CT molecular complexity index is 674. The molecule has 0 bridgehead atoms. The first-order chi connectivity index (χ1) is 14.2. The fourth-order valence-electron chi connectivity index (χ4n) is 8.83. The van der Waals surface area contributed by atoms with Crippen LogP contribution in [0.2, 0.25) is 0 Å². The second-order valence-electron chi connectivity index (χ2n) is 12.4. The van der Waals surface area contributed by atoms with Crippen LogP contribution in [-0.2, 0) is 0 Å². The van der Waals surface area contributed by atoms with Gasteiger partial charge in [-0.05, 0) is 110 Å². The van der Waals surface area contributed by atoms with E-state index in [2.05, 4.69) is 59.8 Å². The lowest BCUT2D eigenvalue weighted by Crippen LogP contribution is -2.50. The zero-order valence-corrected chi connectivity index (χ0v) is 20.7. The van der Waals surface area contributed by atoms with Crippen LogP contribution in [-0.4, -0.2) is 11.2 Å². The summed E-state index contributed by atoms with van der Waals surface area (Å²) in [5.74, 6) is 5.70. The summed E-state index contributed by atoms with van der Waals surface area (Å²) in [4.78, 5) is 0. The molecule has 9 atom stereocenters. The van der Waals surface area contributed by atoms with Gasteiger partial charge in [0.25, 0.3) is 0 Å². The van der Waals surface area contributed by atoms with Crippen molar-refractivity contribution in [3.63, 3.8) is 0 Å². The minimum atomic E-state index is -0.0870. The van der Waals surface area contributed by atoms with Crippen LogP contribution in [0.4, 0.5) is 0 Å². The van der Waals surface area contributed by atoms with E-state index >= 15 is 0 Å². The van der Waals surface area contributed by atoms with E-state index in [0.717, 1.165) is 48.3 Å². The molecular weight excluding hydrogens is 364 g/mol. The molecule has 0 amide bonds. The van der Waals surface area contributed by atoms with Gasteiger partial charge in [-0.1, -0.05) is 65.3 Å². The molecule has 0 aliphatic heterocycles. The Balaban J connectivity index is 1.52. The summed E-state index contributed by atoms with van der Waals surface area (Å²) in [6, 6.07) is 0. The Morgan fingerprint density at radius 1 is 1.03 bits per heavy atom. The van der Waals surface area contributed by atoms with Gasteiger partial charge in [-0.3, -0.25) is 0 Å². The predicted molar refractivity (Wildman–Crippen MR) is 128 cm³/mol. The number of fused-ring (bicyclic) bond motifs is 5. The highest BCUT2D eigenvalue weighted by molar-refractivity contribution is 5.25. The van der Waals surface area contributed by atoms with Gasteiger partial charge in [-0.2, -0.15) is 0 Å². The second kappa shape index (κ2) is 8.42. The third-order valence-corrected chi connectivity index (χ3v) is 10.8. The zero-order valence-electron chi connectivity index (χ0n) is 20.7. The van der Waals surface area contributed by atoms with Gasteiger partial charge in [-0.25, -0.2) is 0 Å². The van der Waals surface area contributed by atoms with Crippen LogP contribution in [0.5, 0.6) is 0 Å². The molecule has 1 heteroatoms. The van der Waals surface area contributed by atoms with Gasteiger partial charge in [0.2, 0.25) is 0 Å². The number of allylic oxidation sites excluding steroid dienone is 3. The largest absolute Gasteiger partial charge is 0.393 e. The molecule has 0 saturated heterocycles. The monoisotopic (exact) mass is 412 g/mol. The Morgan fingerprint density at radius 2 is 1.80 bits per heavy atom. The van der Waals surface area contributed by atoms with Crippen LogP contribution in [0.3, 0.4) is 0 Å². The molecule has 0 aromatic carbocycles. The molecule has 0 aromatic rings. The normalized spacial score (nSPS) is 45.6. The van der Waals surface area contributed by atoms with Gasteiger partial charge < -0.3 is 5.11 Å². The van der Waals surface area contributed by atoms with Crippen molar-refractivity contribution in [1.29, 1.82) is 0 Å². The summed E-state index contributed by atoms with van der Waals surface area (Å²) in [6.45, 7) is 14.8. The lowest BCUT2D eigenvalue weighted by Gasteiger charge is -2.58. The molecule has 1 nitrogen and oxygen atoms in total. The van der Waals surface area contributed by atoms with Crippen LogP contribution in [0.1, 0.15) is 99.3 Å². The van der Waals surface area contributed by atoms with Crippen molar-refractivity contribution in [2.45, 2.75) is 105 Å². The molecule has 3 saturated carbocycles. The highest BCUT2D eigenvalue weighted by Crippen LogP contribution is 2.67. The van der Waals surface area contributed by atoms with Gasteiger partial charge in [-0.15, -0.1) is 0 Å². The van der Waals surface area contributed by atoms with E-state index in [1.54, 1.807) is 5.57 Å². The summed E-state index contributed by atoms with van der Waals surface area (Å²) in [7, 11) is 0. The number of hydrogen-bond donors (Lipinski definition) is 1. The quantitative estimate of drug-likeness (QED) is 0.457. The smallest absolute Gasteiger partial charge is 0.0577 e. The molecule has 1 unspecified atom stereocenters. The first kappa shape index (κ1) is 22.6. The molecule has 170 valence electrons. The molecule has 4 aliphatic rings. The topological polar surface area (TPSA) is 20.2 Å². The van der Waals surface area contributed by atoms with Crippen molar-refractivity contribution in [3.8, 4) is 0 Å². The Kier molecular flexibility index (Phi) is 6.35. The fourth-order valence-corrected chi connectivity index (χ4v) is 8.83. The van der Waals surface area contributed by atoms with Crippen molar-refractivity contribution < 1.29 is 5.11 Å². The predicted octanol–water partition coefficient (Wildman–Crippen LogP) is 7.80. The Labute approximate surface area is 186 Å². The summed E-state index contributed by atoms with van der Waals surface area (Å²) < 4.78 is 0. The van der Waals surface area contributed by atoms with Gasteiger partial charge in [0.05, 0.1) is 6.10 Å². The number of aliphatic hydroxyl groups excluding tert-OH is 1. The highest BCUT2D eigenvalue weighted by Gasteiger charge is 2.58. The zero-order chi connectivity index (χ0) is 21.7. The summed E-state index contributed by atoms with van der Waals surface area (Å²) in [5.41, 5.74) is 2.51. The van der Waals surface area contributed by atoms with Crippen LogP contribution >= 0.6 is 0 Å². The Hall–Kier alpha value is -0.560. The molecule has 0 heterocycles.